The molecule has 0 atom stereocenters. The zero-order valence-electron chi connectivity index (χ0n) is 9.19. The summed E-state index contributed by atoms with van der Waals surface area (Å²) in [6, 6.07) is 15.7. The van der Waals surface area contributed by atoms with E-state index in [2.05, 4.69) is 21.2 Å². The monoisotopic (exact) mass is 289 g/mol. The van der Waals surface area contributed by atoms with Gasteiger partial charge in [0.25, 0.3) is 0 Å². The Kier molecular flexibility index (Phi) is 3.94. The predicted octanol–water partition coefficient (Wildman–Crippen LogP) is 3.87. The van der Waals surface area contributed by atoms with Gasteiger partial charge in [0.05, 0.1) is 0 Å². The van der Waals surface area contributed by atoms with Crippen LogP contribution in [0.2, 0.25) is 0 Å². The SMILES string of the molecule is O=Cc1cc(Br)ccc1NCc1ccccc1. The fourth-order valence-electron chi connectivity index (χ4n) is 1.59. The van der Waals surface area contributed by atoms with Gasteiger partial charge in [-0.05, 0) is 23.8 Å². The normalized spacial score (nSPS) is 9.94. The minimum Gasteiger partial charge on any atom is -0.380 e. The summed E-state index contributed by atoms with van der Waals surface area (Å²) < 4.78 is 0.907. The van der Waals surface area contributed by atoms with Gasteiger partial charge >= 0.3 is 0 Å². The van der Waals surface area contributed by atoms with Crippen molar-refractivity contribution in [2.45, 2.75) is 6.54 Å². The zero-order valence-corrected chi connectivity index (χ0v) is 10.8. The van der Waals surface area contributed by atoms with Crippen molar-refractivity contribution in [2.24, 2.45) is 0 Å². The molecule has 0 unspecified atom stereocenters. The predicted molar refractivity (Wildman–Crippen MR) is 73.3 cm³/mol. The number of halogens is 1. The van der Waals surface area contributed by atoms with Crippen LogP contribution in [0, 0.1) is 0 Å². The molecule has 17 heavy (non-hydrogen) atoms. The maximum Gasteiger partial charge on any atom is 0.152 e. The van der Waals surface area contributed by atoms with E-state index in [0.717, 1.165) is 16.4 Å². The van der Waals surface area contributed by atoms with E-state index in [1.54, 1.807) is 6.07 Å². The molecule has 0 aliphatic carbocycles. The third-order valence-corrected chi connectivity index (χ3v) is 2.96. The van der Waals surface area contributed by atoms with Crippen molar-refractivity contribution in [3.63, 3.8) is 0 Å². The van der Waals surface area contributed by atoms with Crippen LogP contribution in [0.15, 0.2) is 53.0 Å². The van der Waals surface area contributed by atoms with E-state index in [9.17, 15) is 4.79 Å². The Bertz CT molecular complexity index is 511. The highest BCUT2D eigenvalue weighted by Gasteiger charge is 2.01. The Hall–Kier alpha value is -1.61. The summed E-state index contributed by atoms with van der Waals surface area (Å²) in [4.78, 5) is 10.9. The van der Waals surface area contributed by atoms with E-state index in [1.165, 1.54) is 5.56 Å². The second kappa shape index (κ2) is 5.64. The van der Waals surface area contributed by atoms with Crippen LogP contribution in [0.25, 0.3) is 0 Å². The van der Waals surface area contributed by atoms with Gasteiger partial charge in [0.2, 0.25) is 0 Å². The number of aldehydes is 1. The summed E-state index contributed by atoms with van der Waals surface area (Å²) in [5, 5.41) is 3.26. The lowest BCUT2D eigenvalue weighted by molar-refractivity contribution is 0.112. The van der Waals surface area contributed by atoms with E-state index in [0.29, 0.717) is 12.1 Å². The molecule has 0 bridgehead atoms. The summed E-state index contributed by atoms with van der Waals surface area (Å²) >= 11 is 3.35. The molecule has 0 aromatic heterocycles. The Morgan fingerprint density at radius 2 is 1.88 bits per heavy atom. The first kappa shape index (κ1) is 11.9. The minimum atomic E-state index is 0.662. The van der Waals surface area contributed by atoms with Gasteiger partial charge in [0.1, 0.15) is 0 Å². The topological polar surface area (TPSA) is 29.1 Å². The lowest BCUT2D eigenvalue weighted by Crippen LogP contribution is -2.01. The second-order valence-electron chi connectivity index (χ2n) is 3.69. The van der Waals surface area contributed by atoms with Crippen LogP contribution in [0.5, 0.6) is 0 Å². The van der Waals surface area contributed by atoms with Crippen molar-refractivity contribution in [1.29, 1.82) is 0 Å². The number of carbonyl (C=O) groups is 1. The Morgan fingerprint density at radius 3 is 2.59 bits per heavy atom. The highest BCUT2D eigenvalue weighted by atomic mass is 79.9. The van der Waals surface area contributed by atoms with Crippen LogP contribution >= 0.6 is 15.9 Å². The van der Waals surface area contributed by atoms with Crippen molar-refractivity contribution in [1.82, 2.24) is 0 Å². The number of anilines is 1. The molecule has 2 nitrogen and oxygen atoms in total. The van der Waals surface area contributed by atoms with Gasteiger partial charge in [0, 0.05) is 22.3 Å². The molecule has 0 heterocycles. The van der Waals surface area contributed by atoms with Gasteiger partial charge in [-0.3, -0.25) is 4.79 Å². The molecule has 0 aliphatic rings. The number of carbonyl (C=O) groups excluding carboxylic acids is 1. The van der Waals surface area contributed by atoms with E-state index < -0.39 is 0 Å². The molecule has 2 rings (SSSR count). The van der Waals surface area contributed by atoms with Crippen LogP contribution in [0.3, 0.4) is 0 Å². The second-order valence-corrected chi connectivity index (χ2v) is 4.60. The van der Waals surface area contributed by atoms with Crippen molar-refractivity contribution >= 4 is 27.9 Å². The van der Waals surface area contributed by atoms with Gasteiger partial charge < -0.3 is 5.32 Å². The third-order valence-electron chi connectivity index (χ3n) is 2.47. The van der Waals surface area contributed by atoms with Crippen LogP contribution in [0.4, 0.5) is 5.69 Å². The first-order valence-electron chi connectivity index (χ1n) is 5.32. The summed E-state index contributed by atoms with van der Waals surface area (Å²) in [5.74, 6) is 0. The van der Waals surface area contributed by atoms with Crippen molar-refractivity contribution in [3.8, 4) is 0 Å². The van der Waals surface area contributed by atoms with Gasteiger partial charge in [0.15, 0.2) is 6.29 Å². The average Bonchev–Trinajstić information content (AvgIpc) is 2.38. The standard InChI is InChI=1S/C14H12BrNO/c15-13-6-7-14(12(8-13)10-17)16-9-11-4-2-1-3-5-11/h1-8,10,16H,9H2. The first-order valence-corrected chi connectivity index (χ1v) is 6.11. The number of benzene rings is 2. The molecule has 2 aromatic rings. The summed E-state index contributed by atoms with van der Waals surface area (Å²) in [5.41, 5.74) is 2.70. The van der Waals surface area contributed by atoms with E-state index in [4.69, 9.17) is 0 Å². The quantitative estimate of drug-likeness (QED) is 0.866. The van der Waals surface area contributed by atoms with Crippen molar-refractivity contribution in [2.75, 3.05) is 5.32 Å². The number of rotatable bonds is 4. The molecule has 0 amide bonds. The molecule has 0 aliphatic heterocycles. The van der Waals surface area contributed by atoms with Gasteiger partial charge in [-0.2, -0.15) is 0 Å². The summed E-state index contributed by atoms with van der Waals surface area (Å²) in [6.45, 7) is 0.712. The molecule has 0 fully saturated rings. The fourth-order valence-corrected chi connectivity index (χ4v) is 1.96. The molecular formula is C14H12BrNO. The van der Waals surface area contributed by atoms with Crippen LogP contribution in [0.1, 0.15) is 15.9 Å². The summed E-state index contributed by atoms with van der Waals surface area (Å²) in [6.07, 6.45) is 0.859. The summed E-state index contributed by atoms with van der Waals surface area (Å²) in [7, 11) is 0. The molecule has 0 saturated carbocycles. The van der Waals surface area contributed by atoms with Crippen LogP contribution in [-0.2, 0) is 6.54 Å². The Labute approximate surface area is 109 Å². The minimum absolute atomic E-state index is 0.662. The molecule has 3 heteroatoms. The van der Waals surface area contributed by atoms with Crippen LogP contribution in [-0.4, -0.2) is 6.29 Å². The highest BCUT2D eigenvalue weighted by molar-refractivity contribution is 9.10. The van der Waals surface area contributed by atoms with E-state index >= 15 is 0 Å². The zero-order chi connectivity index (χ0) is 12.1. The fraction of sp³-hybridized carbons (Fsp3) is 0.0714. The first-order chi connectivity index (χ1) is 8.29. The number of nitrogens with one attached hydrogen (secondary N) is 1. The maximum atomic E-state index is 10.9. The molecule has 1 N–H and O–H groups in total. The number of hydrogen-bond acceptors (Lipinski definition) is 2. The molecule has 0 radical (unpaired) electrons. The largest absolute Gasteiger partial charge is 0.380 e. The maximum absolute atomic E-state index is 10.9. The highest BCUT2D eigenvalue weighted by Crippen LogP contribution is 2.20. The van der Waals surface area contributed by atoms with Gasteiger partial charge in [-0.15, -0.1) is 0 Å². The Balaban J connectivity index is 2.11. The Morgan fingerprint density at radius 1 is 1.12 bits per heavy atom. The van der Waals surface area contributed by atoms with E-state index in [1.807, 2.05) is 42.5 Å². The molecule has 0 spiro atoms. The lowest BCUT2D eigenvalue weighted by atomic mass is 10.1. The van der Waals surface area contributed by atoms with Crippen molar-refractivity contribution < 1.29 is 4.79 Å². The average molecular weight is 290 g/mol. The van der Waals surface area contributed by atoms with Crippen LogP contribution < -0.4 is 5.32 Å². The smallest absolute Gasteiger partial charge is 0.152 e. The van der Waals surface area contributed by atoms with E-state index in [-0.39, 0.29) is 0 Å². The molecular weight excluding hydrogens is 278 g/mol. The number of hydrogen-bond donors (Lipinski definition) is 1. The van der Waals surface area contributed by atoms with Crippen molar-refractivity contribution in [3.05, 3.63) is 64.1 Å². The van der Waals surface area contributed by atoms with Gasteiger partial charge in [-0.25, -0.2) is 0 Å². The molecule has 2 aromatic carbocycles. The lowest BCUT2D eigenvalue weighted by Gasteiger charge is -2.09. The molecule has 0 saturated heterocycles. The van der Waals surface area contributed by atoms with Gasteiger partial charge in [-0.1, -0.05) is 46.3 Å². The third kappa shape index (κ3) is 3.17. The molecule has 86 valence electrons.